The molecular formula is C27H15F9O. The molecular weight excluding hydrogens is 511 g/mol. The minimum absolute atomic E-state index is 0.0400. The molecule has 10 heteroatoms. The molecule has 0 saturated carbocycles. The third-order valence-electron chi connectivity index (χ3n) is 4.81. The van der Waals surface area contributed by atoms with Crippen molar-refractivity contribution in [3.05, 3.63) is 99.1 Å². The van der Waals surface area contributed by atoms with Gasteiger partial charge in [-0.05, 0) is 30.7 Å². The van der Waals surface area contributed by atoms with Gasteiger partial charge in [0.05, 0.1) is 17.7 Å². The molecule has 0 amide bonds. The van der Waals surface area contributed by atoms with Crippen molar-refractivity contribution in [1.29, 1.82) is 0 Å². The van der Waals surface area contributed by atoms with Crippen molar-refractivity contribution in [2.75, 3.05) is 6.61 Å². The fourth-order valence-electron chi connectivity index (χ4n) is 3.04. The summed E-state index contributed by atoms with van der Waals surface area (Å²) >= 11 is 0. The number of alkyl halides is 3. The number of halogens is 9. The average molecular weight is 526 g/mol. The predicted octanol–water partition coefficient (Wildman–Crippen LogP) is 7.52. The molecule has 0 aliphatic heterocycles. The van der Waals surface area contributed by atoms with E-state index in [2.05, 4.69) is 11.8 Å². The molecule has 0 heterocycles. The van der Waals surface area contributed by atoms with Crippen molar-refractivity contribution in [1.82, 2.24) is 0 Å². The molecule has 1 nitrogen and oxygen atoms in total. The lowest BCUT2D eigenvalue weighted by atomic mass is 10.1. The topological polar surface area (TPSA) is 9.23 Å². The van der Waals surface area contributed by atoms with Gasteiger partial charge in [0.15, 0.2) is 0 Å². The summed E-state index contributed by atoms with van der Waals surface area (Å²) in [5.41, 5.74) is -4.55. The Hall–Kier alpha value is -4.05. The summed E-state index contributed by atoms with van der Waals surface area (Å²) in [6.45, 7) is 2.17. The van der Waals surface area contributed by atoms with Crippen molar-refractivity contribution in [3.63, 3.8) is 0 Å². The van der Waals surface area contributed by atoms with Crippen molar-refractivity contribution in [2.45, 2.75) is 25.9 Å². The van der Waals surface area contributed by atoms with E-state index in [-0.39, 0.29) is 30.1 Å². The fraction of sp³-hybridized carbons (Fsp3) is 0.185. The summed E-state index contributed by atoms with van der Waals surface area (Å²) in [6, 6.07) is 3.80. The normalized spacial score (nSPS) is 10.9. The Kier molecular flexibility index (Phi) is 8.44. The highest BCUT2D eigenvalue weighted by Gasteiger charge is 2.37. The van der Waals surface area contributed by atoms with Gasteiger partial charge >= 0.3 is 6.18 Å². The van der Waals surface area contributed by atoms with Gasteiger partial charge in [-0.2, -0.15) is 13.2 Å². The Morgan fingerprint density at radius 3 is 1.43 bits per heavy atom. The lowest BCUT2D eigenvalue weighted by Crippen LogP contribution is -2.11. The molecule has 0 atom stereocenters. The van der Waals surface area contributed by atoms with Gasteiger partial charge < -0.3 is 4.74 Å². The molecule has 0 unspecified atom stereocenters. The van der Waals surface area contributed by atoms with Crippen LogP contribution in [0.4, 0.5) is 39.5 Å². The number of ether oxygens (including phenoxy) is 1. The van der Waals surface area contributed by atoms with Crippen LogP contribution in [0.15, 0.2) is 36.4 Å². The largest absolute Gasteiger partial charge is 0.493 e. The van der Waals surface area contributed by atoms with E-state index in [1.54, 1.807) is 0 Å². The molecule has 3 rings (SSSR count). The summed E-state index contributed by atoms with van der Waals surface area (Å²) in [6.07, 6.45) is -3.79. The maximum Gasteiger partial charge on any atom is 0.422 e. The third-order valence-corrected chi connectivity index (χ3v) is 4.81. The molecule has 0 radical (unpaired) electrons. The van der Waals surface area contributed by atoms with Crippen LogP contribution in [-0.4, -0.2) is 6.61 Å². The standard InChI is InChI=1S/C27H15F9O/c1-2-3-8-37-17-13-22(30)19(23(31)14-17)7-4-15-9-20(28)18(21(29)10-15)6-5-16-11-24(32)26(25(33)12-16)27(34,35)36/h9-14H,2-3,8H2,1H3. The molecule has 37 heavy (non-hydrogen) atoms. The molecule has 192 valence electrons. The van der Waals surface area contributed by atoms with Gasteiger partial charge in [-0.1, -0.05) is 37.0 Å². The van der Waals surface area contributed by atoms with E-state index in [0.29, 0.717) is 18.6 Å². The lowest BCUT2D eigenvalue weighted by molar-refractivity contribution is -0.142. The molecule has 3 aromatic carbocycles. The van der Waals surface area contributed by atoms with Crippen molar-refractivity contribution >= 4 is 0 Å². The van der Waals surface area contributed by atoms with Gasteiger partial charge in [0, 0.05) is 23.3 Å². The summed E-state index contributed by atoms with van der Waals surface area (Å²) < 4.78 is 128. The van der Waals surface area contributed by atoms with Crippen LogP contribution in [0, 0.1) is 58.6 Å². The molecule has 3 aromatic rings. The minimum atomic E-state index is -5.29. The monoisotopic (exact) mass is 526 g/mol. The van der Waals surface area contributed by atoms with Gasteiger partial charge in [-0.3, -0.25) is 0 Å². The summed E-state index contributed by atoms with van der Waals surface area (Å²) in [4.78, 5) is 0. The van der Waals surface area contributed by atoms with E-state index >= 15 is 0 Å². The van der Waals surface area contributed by atoms with E-state index in [1.807, 2.05) is 18.8 Å². The van der Waals surface area contributed by atoms with Crippen LogP contribution < -0.4 is 4.74 Å². The van der Waals surface area contributed by atoms with Crippen LogP contribution in [0.3, 0.4) is 0 Å². The Labute approximate surface area is 205 Å². The van der Waals surface area contributed by atoms with E-state index in [0.717, 1.165) is 18.6 Å². The van der Waals surface area contributed by atoms with Crippen LogP contribution in [0.5, 0.6) is 5.75 Å². The quantitative estimate of drug-likeness (QED) is 0.194. The second kappa shape index (κ2) is 11.3. The fourth-order valence-corrected chi connectivity index (χ4v) is 3.04. The highest BCUT2D eigenvalue weighted by atomic mass is 19.4. The van der Waals surface area contributed by atoms with E-state index < -0.39 is 63.3 Å². The Morgan fingerprint density at radius 2 is 1.03 bits per heavy atom. The number of unbranched alkanes of at least 4 members (excludes halogenated alkanes) is 1. The van der Waals surface area contributed by atoms with Crippen LogP contribution in [0.2, 0.25) is 0 Å². The van der Waals surface area contributed by atoms with Crippen molar-refractivity contribution in [2.24, 2.45) is 0 Å². The first-order chi connectivity index (χ1) is 17.4. The highest BCUT2D eigenvalue weighted by molar-refractivity contribution is 5.50. The molecule has 0 saturated heterocycles. The molecule has 0 aliphatic rings. The van der Waals surface area contributed by atoms with Gasteiger partial charge in [0.1, 0.15) is 46.2 Å². The highest BCUT2D eigenvalue weighted by Crippen LogP contribution is 2.34. The number of rotatable bonds is 4. The first kappa shape index (κ1) is 27.5. The number of hydrogen-bond acceptors (Lipinski definition) is 1. The molecule has 0 fully saturated rings. The first-order valence-corrected chi connectivity index (χ1v) is 10.6. The van der Waals surface area contributed by atoms with Crippen LogP contribution >= 0.6 is 0 Å². The van der Waals surface area contributed by atoms with Gasteiger partial charge in [-0.25, -0.2) is 26.3 Å². The second-order valence-electron chi connectivity index (χ2n) is 7.59. The van der Waals surface area contributed by atoms with Crippen LogP contribution in [0.1, 0.15) is 47.6 Å². The minimum Gasteiger partial charge on any atom is -0.493 e. The molecule has 0 aliphatic carbocycles. The lowest BCUT2D eigenvalue weighted by Gasteiger charge is -2.09. The van der Waals surface area contributed by atoms with Gasteiger partial charge in [-0.15, -0.1) is 0 Å². The average Bonchev–Trinajstić information content (AvgIpc) is 2.76. The number of benzene rings is 3. The second-order valence-corrected chi connectivity index (χ2v) is 7.59. The van der Waals surface area contributed by atoms with E-state index in [4.69, 9.17) is 4.74 Å². The zero-order chi connectivity index (χ0) is 27.3. The number of hydrogen-bond donors (Lipinski definition) is 0. The smallest absolute Gasteiger partial charge is 0.422 e. The molecule has 0 aromatic heterocycles. The Balaban J connectivity index is 1.87. The Bertz CT molecular complexity index is 1380. The predicted molar refractivity (Wildman–Crippen MR) is 116 cm³/mol. The van der Waals surface area contributed by atoms with E-state index in [9.17, 15) is 39.5 Å². The zero-order valence-corrected chi connectivity index (χ0v) is 18.9. The Morgan fingerprint density at radius 1 is 0.622 bits per heavy atom. The van der Waals surface area contributed by atoms with Gasteiger partial charge in [0.2, 0.25) is 0 Å². The molecule has 0 spiro atoms. The SMILES string of the molecule is CCCCOc1cc(F)c(C#Cc2cc(F)c(C#Cc3cc(F)c(C(F)(F)F)c(F)c3)c(F)c2)c(F)c1. The van der Waals surface area contributed by atoms with Crippen molar-refractivity contribution < 1.29 is 44.3 Å². The summed E-state index contributed by atoms with van der Waals surface area (Å²) in [5.74, 6) is -0.219. The summed E-state index contributed by atoms with van der Waals surface area (Å²) in [7, 11) is 0. The van der Waals surface area contributed by atoms with Crippen LogP contribution in [0.25, 0.3) is 0 Å². The first-order valence-electron chi connectivity index (χ1n) is 10.6. The van der Waals surface area contributed by atoms with Gasteiger partial charge in [0.25, 0.3) is 0 Å². The van der Waals surface area contributed by atoms with E-state index in [1.165, 1.54) is 0 Å². The summed E-state index contributed by atoms with van der Waals surface area (Å²) in [5, 5.41) is 0. The third kappa shape index (κ3) is 6.79. The zero-order valence-electron chi connectivity index (χ0n) is 18.9. The van der Waals surface area contributed by atoms with Crippen molar-refractivity contribution in [3.8, 4) is 29.4 Å². The molecule has 0 N–H and O–H groups in total. The molecule has 0 bridgehead atoms. The van der Waals surface area contributed by atoms with Crippen LogP contribution in [-0.2, 0) is 6.18 Å². The maximum absolute atomic E-state index is 14.4. The maximum atomic E-state index is 14.4.